The second kappa shape index (κ2) is 5.36. The van der Waals surface area contributed by atoms with Gasteiger partial charge in [0.15, 0.2) is 0 Å². The number of hydrogen-bond donors (Lipinski definition) is 1. The van der Waals surface area contributed by atoms with Gasteiger partial charge in [-0.2, -0.15) is 0 Å². The first kappa shape index (κ1) is 12.2. The van der Waals surface area contributed by atoms with Crippen LogP contribution in [0.3, 0.4) is 0 Å². The SMILES string of the molecule is CNC(=O)c1cc(Oc2ccccc2)ccc1C. The van der Waals surface area contributed by atoms with E-state index in [4.69, 9.17) is 4.74 Å². The molecule has 0 saturated carbocycles. The summed E-state index contributed by atoms with van der Waals surface area (Å²) in [5.41, 5.74) is 1.56. The average Bonchev–Trinajstić information content (AvgIpc) is 2.41. The van der Waals surface area contributed by atoms with Gasteiger partial charge in [0.25, 0.3) is 5.91 Å². The number of rotatable bonds is 3. The summed E-state index contributed by atoms with van der Waals surface area (Å²) in [5, 5.41) is 2.62. The van der Waals surface area contributed by atoms with Gasteiger partial charge in [0.1, 0.15) is 11.5 Å². The largest absolute Gasteiger partial charge is 0.457 e. The van der Waals surface area contributed by atoms with Gasteiger partial charge < -0.3 is 10.1 Å². The maximum Gasteiger partial charge on any atom is 0.251 e. The molecule has 1 amide bonds. The van der Waals surface area contributed by atoms with Crippen molar-refractivity contribution in [3.63, 3.8) is 0 Å². The summed E-state index contributed by atoms with van der Waals surface area (Å²) < 4.78 is 5.69. The van der Waals surface area contributed by atoms with E-state index in [9.17, 15) is 4.79 Å². The Morgan fingerprint density at radius 3 is 2.44 bits per heavy atom. The van der Waals surface area contributed by atoms with E-state index in [0.717, 1.165) is 11.3 Å². The van der Waals surface area contributed by atoms with Crippen LogP contribution in [0.1, 0.15) is 15.9 Å². The van der Waals surface area contributed by atoms with E-state index >= 15 is 0 Å². The van der Waals surface area contributed by atoms with Crippen molar-refractivity contribution in [2.75, 3.05) is 7.05 Å². The molecule has 0 bridgehead atoms. The molecular weight excluding hydrogens is 226 g/mol. The van der Waals surface area contributed by atoms with E-state index in [1.165, 1.54) is 0 Å². The Bertz CT molecular complexity index is 550. The van der Waals surface area contributed by atoms with Gasteiger partial charge in [-0.15, -0.1) is 0 Å². The predicted molar refractivity (Wildman–Crippen MR) is 71.1 cm³/mol. The van der Waals surface area contributed by atoms with Crippen LogP contribution in [0.25, 0.3) is 0 Å². The molecule has 1 N–H and O–H groups in total. The number of carbonyl (C=O) groups is 1. The van der Waals surface area contributed by atoms with E-state index in [-0.39, 0.29) is 5.91 Å². The lowest BCUT2D eigenvalue weighted by Crippen LogP contribution is -2.18. The fourth-order valence-electron chi connectivity index (χ4n) is 1.67. The summed E-state index contributed by atoms with van der Waals surface area (Å²) in [7, 11) is 1.62. The molecule has 2 aromatic carbocycles. The van der Waals surface area contributed by atoms with E-state index < -0.39 is 0 Å². The van der Waals surface area contributed by atoms with Crippen molar-refractivity contribution in [2.24, 2.45) is 0 Å². The molecule has 0 fully saturated rings. The molecule has 18 heavy (non-hydrogen) atoms. The molecule has 3 heteroatoms. The number of benzene rings is 2. The minimum atomic E-state index is -0.106. The molecule has 0 atom stereocenters. The van der Waals surface area contributed by atoms with Crippen molar-refractivity contribution in [1.29, 1.82) is 0 Å². The van der Waals surface area contributed by atoms with Crippen LogP contribution >= 0.6 is 0 Å². The second-order valence-corrected chi connectivity index (χ2v) is 3.97. The summed E-state index contributed by atoms with van der Waals surface area (Å²) >= 11 is 0. The third-order valence-electron chi connectivity index (χ3n) is 2.66. The highest BCUT2D eigenvalue weighted by Crippen LogP contribution is 2.23. The van der Waals surface area contributed by atoms with Crippen molar-refractivity contribution < 1.29 is 9.53 Å². The number of hydrogen-bond acceptors (Lipinski definition) is 2. The minimum absolute atomic E-state index is 0.106. The Labute approximate surface area is 106 Å². The summed E-state index contributed by atoms with van der Waals surface area (Å²) in [5.74, 6) is 1.31. The van der Waals surface area contributed by atoms with Crippen LogP contribution in [0.4, 0.5) is 0 Å². The number of para-hydroxylation sites is 1. The molecule has 0 heterocycles. The minimum Gasteiger partial charge on any atom is -0.457 e. The highest BCUT2D eigenvalue weighted by atomic mass is 16.5. The first-order valence-electron chi connectivity index (χ1n) is 5.76. The first-order chi connectivity index (χ1) is 8.70. The Kier molecular flexibility index (Phi) is 3.63. The first-order valence-corrected chi connectivity index (χ1v) is 5.76. The average molecular weight is 241 g/mol. The molecule has 2 rings (SSSR count). The fraction of sp³-hybridized carbons (Fsp3) is 0.133. The lowest BCUT2D eigenvalue weighted by molar-refractivity contribution is 0.0962. The van der Waals surface area contributed by atoms with Gasteiger partial charge in [0, 0.05) is 12.6 Å². The summed E-state index contributed by atoms with van der Waals surface area (Å²) in [6.45, 7) is 1.90. The number of ether oxygens (including phenoxy) is 1. The zero-order valence-corrected chi connectivity index (χ0v) is 10.4. The number of aryl methyl sites for hydroxylation is 1. The van der Waals surface area contributed by atoms with Crippen molar-refractivity contribution in [2.45, 2.75) is 6.92 Å². The molecule has 0 unspecified atom stereocenters. The van der Waals surface area contributed by atoms with Crippen LogP contribution in [0.2, 0.25) is 0 Å². The Morgan fingerprint density at radius 1 is 1.06 bits per heavy atom. The zero-order chi connectivity index (χ0) is 13.0. The molecule has 0 aliphatic heterocycles. The molecular formula is C15H15NO2. The molecule has 0 radical (unpaired) electrons. The maximum absolute atomic E-state index is 11.7. The van der Waals surface area contributed by atoms with E-state index in [1.54, 1.807) is 13.1 Å². The quantitative estimate of drug-likeness (QED) is 0.896. The van der Waals surface area contributed by atoms with Crippen molar-refractivity contribution in [3.8, 4) is 11.5 Å². The highest BCUT2D eigenvalue weighted by Gasteiger charge is 2.08. The van der Waals surface area contributed by atoms with Crippen LogP contribution in [-0.2, 0) is 0 Å². The normalized spacial score (nSPS) is 9.89. The lowest BCUT2D eigenvalue weighted by Gasteiger charge is -2.09. The second-order valence-electron chi connectivity index (χ2n) is 3.97. The van der Waals surface area contributed by atoms with Gasteiger partial charge in [-0.25, -0.2) is 0 Å². The number of nitrogens with one attached hydrogen (secondary N) is 1. The van der Waals surface area contributed by atoms with Crippen LogP contribution in [0.5, 0.6) is 11.5 Å². The van der Waals surface area contributed by atoms with Gasteiger partial charge >= 0.3 is 0 Å². The summed E-state index contributed by atoms with van der Waals surface area (Å²) in [6.07, 6.45) is 0. The molecule has 92 valence electrons. The number of carbonyl (C=O) groups excluding carboxylic acids is 1. The molecule has 0 saturated heterocycles. The van der Waals surface area contributed by atoms with Crippen LogP contribution < -0.4 is 10.1 Å². The molecule has 0 aromatic heterocycles. The van der Waals surface area contributed by atoms with Crippen molar-refractivity contribution >= 4 is 5.91 Å². The third kappa shape index (κ3) is 2.69. The van der Waals surface area contributed by atoms with Crippen molar-refractivity contribution in [1.82, 2.24) is 5.32 Å². The summed E-state index contributed by atoms with van der Waals surface area (Å²) in [4.78, 5) is 11.7. The number of amides is 1. The van der Waals surface area contributed by atoms with Gasteiger partial charge in [0.05, 0.1) is 0 Å². The zero-order valence-electron chi connectivity index (χ0n) is 10.4. The third-order valence-corrected chi connectivity index (χ3v) is 2.66. The van der Waals surface area contributed by atoms with Gasteiger partial charge in [-0.3, -0.25) is 4.79 Å². The monoisotopic (exact) mass is 241 g/mol. The van der Waals surface area contributed by atoms with Crippen LogP contribution in [0, 0.1) is 6.92 Å². The molecule has 0 aliphatic rings. The Hall–Kier alpha value is -2.29. The Balaban J connectivity index is 2.27. The fourth-order valence-corrected chi connectivity index (χ4v) is 1.67. The summed E-state index contributed by atoms with van der Waals surface area (Å²) in [6, 6.07) is 15.0. The van der Waals surface area contributed by atoms with Crippen LogP contribution in [-0.4, -0.2) is 13.0 Å². The maximum atomic E-state index is 11.7. The smallest absolute Gasteiger partial charge is 0.251 e. The highest BCUT2D eigenvalue weighted by molar-refractivity contribution is 5.95. The van der Waals surface area contributed by atoms with Crippen LogP contribution in [0.15, 0.2) is 48.5 Å². The van der Waals surface area contributed by atoms with Gasteiger partial charge in [-0.05, 0) is 36.8 Å². The van der Waals surface area contributed by atoms with Gasteiger partial charge in [0.2, 0.25) is 0 Å². The van der Waals surface area contributed by atoms with E-state index in [2.05, 4.69) is 5.32 Å². The lowest BCUT2D eigenvalue weighted by atomic mass is 10.1. The molecule has 2 aromatic rings. The topological polar surface area (TPSA) is 38.3 Å². The molecule has 0 spiro atoms. The Morgan fingerprint density at radius 2 is 1.78 bits per heavy atom. The predicted octanol–water partition coefficient (Wildman–Crippen LogP) is 3.15. The van der Waals surface area contributed by atoms with Gasteiger partial charge in [-0.1, -0.05) is 24.3 Å². The van der Waals surface area contributed by atoms with E-state index in [1.807, 2.05) is 49.4 Å². The molecule has 0 aliphatic carbocycles. The van der Waals surface area contributed by atoms with E-state index in [0.29, 0.717) is 11.3 Å². The van der Waals surface area contributed by atoms with Crippen molar-refractivity contribution in [3.05, 3.63) is 59.7 Å². The molecule has 3 nitrogen and oxygen atoms in total. The standard InChI is InChI=1S/C15H15NO2/c1-11-8-9-13(10-14(11)15(17)16-2)18-12-6-4-3-5-7-12/h3-10H,1-2H3,(H,16,17).